The Kier molecular flexibility index (Phi) is 6.26. The molecule has 0 saturated heterocycles. The lowest BCUT2D eigenvalue weighted by Crippen LogP contribution is -2.40. The number of aryl methyl sites for hydroxylation is 2. The molecule has 3 aromatic rings. The van der Waals surface area contributed by atoms with Crippen molar-refractivity contribution in [2.24, 2.45) is 7.05 Å². The molecule has 0 spiro atoms. The number of carbonyl (C=O) groups is 1. The first-order valence-corrected chi connectivity index (χ1v) is 8.99. The highest BCUT2D eigenvalue weighted by molar-refractivity contribution is 5.74. The van der Waals surface area contributed by atoms with E-state index in [0.717, 1.165) is 11.3 Å². The summed E-state index contributed by atoms with van der Waals surface area (Å²) >= 11 is 0. The molecular formula is C21H23FN4O2. The number of amides is 2. The summed E-state index contributed by atoms with van der Waals surface area (Å²) in [4.78, 5) is 16.7. The van der Waals surface area contributed by atoms with E-state index in [4.69, 9.17) is 4.74 Å². The molecule has 2 N–H and O–H groups in total. The summed E-state index contributed by atoms with van der Waals surface area (Å²) < 4.78 is 21.1. The molecule has 146 valence electrons. The van der Waals surface area contributed by atoms with E-state index in [-0.39, 0.29) is 11.8 Å². The van der Waals surface area contributed by atoms with E-state index in [1.165, 1.54) is 12.1 Å². The van der Waals surface area contributed by atoms with Gasteiger partial charge in [-0.15, -0.1) is 0 Å². The van der Waals surface area contributed by atoms with Gasteiger partial charge in [-0.2, -0.15) is 0 Å². The smallest absolute Gasteiger partial charge is 0.315 e. The van der Waals surface area contributed by atoms with Gasteiger partial charge in [0.1, 0.15) is 30.0 Å². The Morgan fingerprint density at radius 2 is 2.07 bits per heavy atom. The normalized spacial score (nSPS) is 11.7. The standard InChI is InChI=1S/C21H23FN4O2/c1-15-5-3-8-18(13-15)28-12-10-24-21(27)25-19(20-23-9-11-26(20)2)16-6-4-7-17(22)14-16/h3-9,11,13-14,19H,10,12H2,1-2H3,(H2,24,25,27). The quantitative estimate of drug-likeness (QED) is 0.616. The summed E-state index contributed by atoms with van der Waals surface area (Å²) in [5.74, 6) is 0.995. The third-order valence-corrected chi connectivity index (χ3v) is 4.22. The lowest BCUT2D eigenvalue weighted by atomic mass is 10.1. The van der Waals surface area contributed by atoms with E-state index in [0.29, 0.717) is 24.5 Å². The SMILES string of the molecule is Cc1cccc(OCCNC(=O)NC(c2cccc(F)c2)c2nccn2C)c1. The predicted molar refractivity (Wildman–Crippen MR) is 105 cm³/mol. The first-order valence-electron chi connectivity index (χ1n) is 8.99. The molecule has 1 aromatic heterocycles. The number of imidazole rings is 1. The molecule has 0 bridgehead atoms. The van der Waals surface area contributed by atoms with Crippen LogP contribution < -0.4 is 15.4 Å². The molecule has 2 amide bonds. The maximum atomic E-state index is 13.7. The summed E-state index contributed by atoms with van der Waals surface area (Å²) in [6.45, 7) is 2.66. The van der Waals surface area contributed by atoms with E-state index >= 15 is 0 Å². The number of benzene rings is 2. The van der Waals surface area contributed by atoms with Crippen LogP contribution in [-0.2, 0) is 7.05 Å². The Labute approximate surface area is 163 Å². The van der Waals surface area contributed by atoms with Crippen molar-refractivity contribution in [3.05, 3.63) is 83.7 Å². The number of nitrogens with zero attached hydrogens (tertiary/aromatic N) is 2. The molecule has 0 aliphatic rings. The Hall–Kier alpha value is -3.35. The minimum atomic E-state index is -0.576. The number of halogens is 1. The van der Waals surface area contributed by atoms with Crippen molar-refractivity contribution in [1.29, 1.82) is 0 Å². The van der Waals surface area contributed by atoms with Crippen LogP contribution in [0.2, 0.25) is 0 Å². The van der Waals surface area contributed by atoms with Crippen LogP contribution in [0.1, 0.15) is 23.0 Å². The molecule has 1 heterocycles. The van der Waals surface area contributed by atoms with E-state index in [1.807, 2.05) is 38.2 Å². The minimum absolute atomic E-state index is 0.330. The largest absolute Gasteiger partial charge is 0.492 e. The van der Waals surface area contributed by atoms with Gasteiger partial charge in [-0.05, 0) is 42.3 Å². The molecule has 3 rings (SSSR count). The van der Waals surface area contributed by atoms with E-state index in [1.54, 1.807) is 29.1 Å². The van der Waals surface area contributed by atoms with Gasteiger partial charge in [-0.25, -0.2) is 14.2 Å². The Bertz CT molecular complexity index is 941. The fourth-order valence-corrected chi connectivity index (χ4v) is 2.86. The maximum Gasteiger partial charge on any atom is 0.315 e. The van der Waals surface area contributed by atoms with Crippen LogP contribution in [0.15, 0.2) is 60.9 Å². The highest BCUT2D eigenvalue weighted by Crippen LogP contribution is 2.21. The van der Waals surface area contributed by atoms with Crippen molar-refractivity contribution in [3.8, 4) is 5.75 Å². The van der Waals surface area contributed by atoms with Crippen LogP contribution >= 0.6 is 0 Å². The average molecular weight is 382 g/mol. The molecular weight excluding hydrogens is 359 g/mol. The first-order chi connectivity index (χ1) is 13.5. The molecule has 7 heteroatoms. The number of hydrogen-bond donors (Lipinski definition) is 2. The van der Waals surface area contributed by atoms with Crippen LogP contribution in [0.4, 0.5) is 9.18 Å². The predicted octanol–water partition coefficient (Wildman–Crippen LogP) is 3.34. The van der Waals surface area contributed by atoms with Crippen molar-refractivity contribution in [3.63, 3.8) is 0 Å². The van der Waals surface area contributed by atoms with Crippen LogP contribution in [0.3, 0.4) is 0 Å². The Morgan fingerprint density at radius 1 is 1.25 bits per heavy atom. The lowest BCUT2D eigenvalue weighted by molar-refractivity contribution is 0.233. The van der Waals surface area contributed by atoms with Crippen molar-refractivity contribution in [2.45, 2.75) is 13.0 Å². The topological polar surface area (TPSA) is 68.2 Å². The van der Waals surface area contributed by atoms with E-state index in [2.05, 4.69) is 15.6 Å². The molecule has 0 aliphatic heterocycles. The molecule has 0 fully saturated rings. The number of aromatic nitrogens is 2. The van der Waals surface area contributed by atoms with Crippen molar-refractivity contribution in [2.75, 3.05) is 13.2 Å². The monoisotopic (exact) mass is 382 g/mol. The summed E-state index contributed by atoms with van der Waals surface area (Å²) in [7, 11) is 1.82. The second-order valence-electron chi connectivity index (χ2n) is 6.45. The second kappa shape index (κ2) is 9.03. The van der Waals surface area contributed by atoms with Gasteiger partial charge in [0.25, 0.3) is 0 Å². The fourth-order valence-electron chi connectivity index (χ4n) is 2.86. The van der Waals surface area contributed by atoms with Crippen molar-refractivity contribution in [1.82, 2.24) is 20.2 Å². The zero-order valence-corrected chi connectivity index (χ0v) is 15.9. The molecule has 1 unspecified atom stereocenters. The summed E-state index contributed by atoms with van der Waals surface area (Å²) in [5, 5.41) is 5.61. The molecule has 0 radical (unpaired) electrons. The minimum Gasteiger partial charge on any atom is -0.492 e. The third kappa shape index (κ3) is 5.09. The Balaban J connectivity index is 1.59. The van der Waals surface area contributed by atoms with E-state index < -0.39 is 6.04 Å². The molecule has 1 atom stereocenters. The number of hydrogen-bond acceptors (Lipinski definition) is 3. The molecule has 28 heavy (non-hydrogen) atoms. The van der Waals surface area contributed by atoms with Gasteiger partial charge in [0.2, 0.25) is 0 Å². The van der Waals surface area contributed by atoms with Gasteiger partial charge >= 0.3 is 6.03 Å². The van der Waals surface area contributed by atoms with Gasteiger partial charge in [0.05, 0.1) is 6.54 Å². The highest BCUT2D eigenvalue weighted by Gasteiger charge is 2.21. The van der Waals surface area contributed by atoms with Crippen LogP contribution in [0.25, 0.3) is 0 Å². The molecule has 2 aromatic carbocycles. The van der Waals surface area contributed by atoms with Crippen molar-refractivity contribution >= 4 is 6.03 Å². The summed E-state index contributed by atoms with van der Waals surface area (Å²) in [6.07, 6.45) is 3.41. The number of nitrogens with one attached hydrogen (secondary N) is 2. The van der Waals surface area contributed by atoms with Crippen LogP contribution in [-0.4, -0.2) is 28.7 Å². The fraction of sp³-hybridized carbons (Fsp3) is 0.238. The Morgan fingerprint density at radius 3 is 2.79 bits per heavy atom. The van der Waals surface area contributed by atoms with Crippen LogP contribution in [0.5, 0.6) is 5.75 Å². The highest BCUT2D eigenvalue weighted by atomic mass is 19.1. The van der Waals surface area contributed by atoms with E-state index in [9.17, 15) is 9.18 Å². The van der Waals surface area contributed by atoms with Gasteiger partial charge < -0.3 is 19.9 Å². The molecule has 0 saturated carbocycles. The second-order valence-corrected chi connectivity index (χ2v) is 6.45. The average Bonchev–Trinajstić information content (AvgIpc) is 3.09. The third-order valence-electron chi connectivity index (χ3n) is 4.22. The van der Waals surface area contributed by atoms with Gasteiger partial charge in [-0.3, -0.25) is 0 Å². The van der Waals surface area contributed by atoms with Gasteiger partial charge in [0, 0.05) is 19.4 Å². The number of urea groups is 1. The molecule has 6 nitrogen and oxygen atoms in total. The molecule has 0 aliphatic carbocycles. The zero-order chi connectivity index (χ0) is 19.9. The van der Waals surface area contributed by atoms with Gasteiger partial charge in [-0.1, -0.05) is 24.3 Å². The number of rotatable bonds is 7. The van der Waals surface area contributed by atoms with Crippen molar-refractivity contribution < 1.29 is 13.9 Å². The maximum absolute atomic E-state index is 13.7. The van der Waals surface area contributed by atoms with Gasteiger partial charge in [0.15, 0.2) is 0 Å². The lowest BCUT2D eigenvalue weighted by Gasteiger charge is -2.19. The number of carbonyl (C=O) groups excluding carboxylic acids is 1. The number of ether oxygens (including phenoxy) is 1. The summed E-state index contributed by atoms with van der Waals surface area (Å²) in [6, 6.07) is 12.9. The summed E-state index contributed by atoms with van der Waals surface area (Å²) in [5.41, 5.74) is 1.72. The van der Waals surface area contributed by atoms with Crippen LogP contribution in [0, 0.1) is 12.7 Å². The first kappa shape index (κ1) is 19.4. The zero-order valence-electron chi connectivity index (χ0n) is 15.9.